The second-order valence-electron chi connectivity index (χ2n) is 4.30. The summed E-state index contributed by atoms with van der Waals surface area (Å²) in [5.41, 5.74) is 0.570. The standard InChI is InChI=1S/C9H8O4.C7H12/c1-5-2-3-6(8(10)11)4-7(5)9(12)13;1-3-5-7-6-4-2/h2-4H,1H3,(H,10,11)(H,12,13);1H,4-7H2,2H3. The highest BCUT2D eigenvalue weighted by atomic mass is 16.4. The summed E-state index contributed by atoms with van der Waals surface area (Å²) in [6, 6.07) is 4.01. The maximum Gasteiger partial charge on any atom is 0.335 e. The van der Waals surface area contributed by atoms with Crippen molar-refractivity contribution in [1.29, 1.82) is 0 Å². The fraction of sp³-hybridized carbons (Fsp3) is 0.375. The third-order valence-corrected chi connectivity index (χ3v) is 2.64. The Kier molecular flexibility index (Phi) is 8.53. The number of carboxylic acid groups (broad SMARTS) is 2. The number of benzene rings is 1. The topological polar surface area (TPSA) is 74.6 Å². The molecule has 0 bridgehead atoms. The molecular weight excluding hydrogens is 256 g/mol. The average molecular weight is 276 g/mol. The lowest BCUT2D eigenvalue weighted by Crippen LogP contribution is -2.03. The van der Waals surface area contributed by atoms with Gasteiger partial charge >= 0.3 is 11.9 Å². The van der Waals surface area contributed by atoms with Crippen molar-refractivity contribution in [1.82, 2.24) is 0 Å². The molecule has 1 rings (SSSR count). The first-order chi connectivity index (χ1) is 9.43. The molecule has 0 aliphatic carbocycles. The Morgan fingerprint density at radius 2 is 1.85 bits per heavy atom. The number of carbonyl (C=O) groups is 2. The monoisotopic (exact) mass is 276 g/mol. The molecule has 4 nitrogen and oxygen atoms in total. The van der Waals surface area contributed by atoms with Gasteiger partial charge in [-0.15, -0.1) is 12.3 Å². The van der Waals surface area contributed by atoms with E-state index in [4.69, 9.17) is 16.6 Å². The lowest BCUT2D eigenvalue weighted by atomic mass is 10.1. The van der Waals surface area contributed by atoms with Crippen LogP contribution in [-0.4, -0.2) is 22.2 Å². The van der Waals surface area contributed by atoms with E-state index in [-0.39, 0.29) is 11.1 Å². The van der Waals surface area contributed by atoms with Gasteiger partial charge in [0.15, 0.2) is 0 Å². The lowest BCUT2D eigenvalue weighted by Gasteiger charge is -2.01. The van der Waals surface area contributed by atoms with Crippen LogP contribution in [0.3, 0.4) is 0 Å². The molecule has 0 unspecified atom stereocenters. The quantitative estimate of drug-likeness (QED) is 0.636. The van der Waals surface area contributed by atoms with E-state index in [1.165, 1.54) is 31.4 Å². The Morgan fingerprint density at radius 1 is 1.20 bits per heavy atom. The lowest BCUT2D eigenvalue weighted by molar-refractivity contribution is 0.0695. The number of rotatable bonds is 5. The first-order valence-corrected chi connectivity index (χ1v) is 6.44. The first-order valence-electron chi connectivity index (χ1n) is 6.44. The molecule has 0 aliphatic rings. The summed E-state index contributed by atoms with van der Waals surface area (Å²) in [6.07, 6.45) is 9.72. The third-order valence-electron chi connectivity index (χ3n) is 2.64. The molecule has 0 atom stereocenters. The minimum Gasteiger partial charge on any atom is -0.478 e. The van der Waals surface area contributed by atoms with Gasteiger partial charge < -0.3 is 10.2 Å². The van der Waals surface area contributed by atoms with E-state index in [0.29, 0.717) is 5.56 Å². The highest BCUT2D eigenvalue weighted by Gasteiger charge is 2.10. The van der Waals surface area contributed by atoms with Crippen molar-refractivity contribution >= 4 is 11.9 Å². The van der Waals surface area contributed by atoms with E-state index < -0.39 is 11.9 Å². The third kappa shape index (κ3) is 6.60. The number of hydrogen-bond acceptors (Lipinski definition) is 2. The van der Waals surface area contributed by atoms with Gasteiger partial charge in [0.25, 0.3) is 0 Å². The van der Waals surface area contributed by atoms with Gasteiger partial charge in [0.05, 0.1) is 11.1 Å². The minimum absolute atomic E-state index is 0.0111. The Hall–Kier alpha value is -2.28. The predicted molar refractivity (Wildman–Crippen MR) is 78.1 cm³/mol. The summed E-state index contributed by atoms with van der Waals surface area (Å²) in [5, 5.41) is 17.3. The van der Waals surface area contributed by atoms with Crippen molar-refractivity contribution in [3.05, 3.63) is 34.9 Å². The van der Waals surface area contributed by atoms with E-state index in [1.807, 2.05) is 0 Å². The average Bonchev–Trinajstić information content (AvgIpc) is 2.40. The zero-order valence-corrected chi connectivity index (χ0v) is 11.8. The van der Waals surface area contributed by atoms with Crippen molar-refractivity contribution in [2.24, 2.45) is 0 Å². The fourth-order valence-electron chi connectivity index (χ4n) is 1.46. The SMILES string of the molecule is C#CCCCCC.Cc1ccc(C(=O)O)cc1C(=O)O. The van der Waals surface area contributed by atoms with Gasteiger partial charge in [0.1, 0.15) is 0 Å². The molecule has 0 heterocycles. The highest BCUT2D eigenvalue weighted by Crippen LogP contribution is 2.11. The normalized spacial score (nSPS) is 9.05. The molecule has 0 aliphatic heterocycles. The Morgan fingerprint density at radius 3 is 2.30 bits per heavy atom. The van der Waals surface area contributed by atoms with Crippen LogP contribution in [0.25, 0.3) is 0 Å². The number of aryl methyl sites for hydroxylation is 1. The van der Waals surface area contributed by atoms with Gasteiger partial charge in [-0.3, -0.25) is 0 Å². The van der Waals surface area contributed by atoms with Crippen molar-refractivity contribution in [2.45, 2.75) is 39.5 Å². The smallest absolute Gasteiger partial charge is 0.335 e. The molecule has 4 heteroatoms. The van der Waals surface area contributed by atoms with Crippen LogP contribution in [-0.2, 0) is 0 Å². The summed E-state index contributed by atoms with van der Waals surface area (Å²) >= 11 is 0. The van der Waals surface area contributed by atoms with E-state index in [0.717, 1.165) is 12.5 Å². The Balaban J connectivity index is 0.000000441. The summed E-state index contributed by atoms with van der Waals surface area (Å²) in [6.45, 7) is 3.80. The molecule has 0 fully saturated rings. The molecular formula is C16H20O4. The molecule has 0 aromatic heterocycles. The molecule has 108 valence electrons. The Labute approximate surface area is 119 Å². The molecule has 0 saturated carbocycles. The molecule has 20 heavy (non-hydrogen) atoms. The number of unbranched alkanes of at least 4 members (excludes halogenated alkanes) is 3. The number of carboxylic acids is 2. The van der Waals surface area contributed by atoms with Gasteiger partial charge in [-0.05, 0) is 31.0 Å². The van der Waals surface area contributed by atoms with Crippen molar-refractivity contribution in [3.63, 3.8) is 0 Å². The number of aromatic carboxylic acids is 2. The minimum atomic E-state index is -1.12. The van der Waals surface area contributed by atoms with E-state index in [9.17, 15) is 9.59 Å². The molecule has 0 saturated heterocycles. The van der Waals surface area contributed by atoms with E-state index >= 15 is 0 Å². The van der Waals surface area contributed by atoms with Crippen LogP contribution < -0.4 is 0 Å². The molecule has 2 N–H and O–H groups in total. The summed E-state index contributed by atoms with van der Waals surface area (Å²) in [7, 11) is 0. The second-order valence-corrected chi connectivity index (χ2v) is 4.30. The van der Waals surface area contributed by atoms with Crippen LogP contribution in [0.2, 0.25) is 0 Å². The largest absolute Gasteiger partial charge is 0.478 e. The molecule has 0 radical (unpaired) electrons. The fourth-order valence-corrected chi connectivity index (χ4v) is 1.46. The van der Waals surface area contributed by atoms with Gasteiger partial charge in [-0.2, -0.15) is 0 Å². The second kappa shape index (κ2) is 9.62. The van der Waals surface area contributed by atoms with Crippen LogP contribution in [0, 0.1) is 19.3 Å². The van der Waals surface area contributed by atoms with Gasteiger partial charge in [0.2, 0.25) is 0 Å². The maximum atomic E-state index is 10.6. The number of terminal acetylenes is 1. The molecule has 1 aromatic carbocycles. The van der Waals surface area contributed by atoms with E-state index in [1.54, 1.807) is 6.92 Å². The summed E-state index contributed by atoms with van der Waals surface area (Å²) < 4.78 is 0. The molecule has 0 amide bonds. The molecule has 0 spiro atoms. The van der Waals surface area contributed by atoms with Crippen molar-refractivity contribution in [3.8, 4) is 12.3 Å². The van der Waals surface area contributed by atoms with Crippen LogP contribution in [0.4, 0.5) is 0 Å². The van der Waals surface area contributed by atoms with Crippen molar-refractivity contribution in [2.75, 3.05) is 0 Å². The van der Waals surface area contributed by atoms with Gasteiger partial charge in [-0.25, -0.2) is 9.59 Å². The first kappa shape index (κ1) is 17.7. The zero-order chi connectivity index (χ0) is 15.5. The molecule has 1 aromatic rings. The summed E-state index contributed by atoms with van der Waals surface area (Å²) in [4.78, 5) is 21.1. The van der Waals surface area contributed by atoms with Gasteiger partial charge in [0, 0.05) is 6.42 Å². The summed E-state index contributed by atoms with van der Waals surface area (Å²) in [5.74, 6) is 0.369. The zero-order valence-electron chi connectivity index (χ0n) is 11.8. The van der Waals surface area contributed by atoms with Crippen LogP contribution in [0.5, 0.6) is 0 Å². The van der Waals surface area contributed by atoms with E-state index in [2.05, 4.69) is 12.8 Å². The van der Waals surface area contributed by atoms with Crippen LogP contribution in [0.15, 0.2) is 18.2 Å². The Bertz CT molecular complexity index is 498. The van der Waals surface area contributed by atoms with Gasteiger partial charge in [-0.1, -0.05) is 25.8 Å². The van der Waals surface area contributed by atoms with Crippen molar-refractivity contribution < 1.29 is 19.8 Å². The highest BCUT2D eigenvalue weighted by molar-refractivity contribution is 5.94. The maximum absolute atomic E-state index is 10.6. The predicted octanol–water partition coefficient (Wildman–Crippen LogP) is 3.59. The van der Waals surface area contributed by atoms with Crippen LogP contribution >= 0.6 is 0 Å². The number of hydrogen-bond donors (Lipinski definition) is 2. The van der Waals surface area contributed by atoms with Crippen LogP contribution in [0.1, 0.15) is 58.9 Å².